The second kappa shape index (κ2) is 11.3. The first kappa shape index (κ1) is 23.3. The van der Waals surface area contributed by atoms with Gasteiger partial charge in [0, 0.05) is 24.9 Å². The van der Waals surface area contributed by atoms with Gasteiger partial charge in [-0.05, 0) is 37.5 Å². The SMILES string of the molecule is CC[C@H](C(=O)OCc1ccc(C)cc1)[C@H](COC(=O)c1ccccc1)Cc1cncn1C. The average Bonchev–Trinajstić information content (AvgIpc) is 3.22. The third-order valence-electron chi connectivity index (χ3n) is 5.64. The summed E-state index contributed by atoms with van der Waals surface area (Å²) in [5, 5.41) is 0. The summed E-state index contributed by atoms with van der Waals surface area (Å²) in [5.41, 5.74) is 3.55. The number of rotatable bonds is 10. The van der Waals surface area contributed by atoms with Gasteiger partial charge < -0.3 is 14.0 Å². The Hall–Kier alpha value is -3.41. The van der Waals surface area contributed by atoms with E-state index in [9.17, 15) is 9.59 Å². The minimum absolute atomic E-state index is 0.122. The molecule has 1 heterocycles. The summed E-state index contributed by atoms with van der Waals surface area (Å²) in [6.45, 7) is 4.31. The Morgan fingerprint density at radius 2 is 1.75 bits per heavy atom. The second-order valence-electron chi connectivity index (χ2n) is 8.03. The predicted octanol–water partition coefficient (Wildman–Crippen LogP) is 4.51. The van der Waals surface area contributed by atoms with E-state index in [1.807, 2.05) is 55.8 Å². The number of hydrogen-bond acceptors (Lipinski definition) is 5. The fourth-order valence-electron chi connectivity index (χ4n) is 3.65. The molecule has 6 heteroatoms. The predicted molar refractivity (Wildman–Crippen MR) is 122 cm³/mol. The number of carbonyl (C=O) groups excluding carboxylic acids is 2. The van der Waals surface area contributed by atoms with E-state index in [4.69, 9.17) is 9.47 Å². The van der Waals surface area contributed by atoms with Crippen LogP contribution in [0.3, 0.4) is 0 Å². The number of esters is 2. The average molecular weight is 435 g/mol. The fourth-order valence-corrected chi connectivity index (χ4v) is 3.65. The first-order valence-corrected chi connectivity index (χ1v) is 10.9. The highest BCUT2D eigenvalue weighted by Crippen LogP contribution is 2.24. The zero-order valence-corrected chi connectivity index (χ0v) is 18.9. The number of ether oxygens (including phenoxy) is 2. The molecule has 0 amide bonds. The van der Waals surface area contributed by atoms with Crippen molar-refractivity contribution in [1.29, 1.82) is 0 Å². The summed E-state index contributed by atoms with van der Waals surface area (Å²) in [7, 11) is 1.91. The molecule has 0 fully saturated rings. The smallest absolute Gasteiger partial charge is 0.338 e. The summed E-state index contributed by atoms with van der Waals surface area (Å²) in [5.74, 6) is -1.31. The quantitative estimate of drug-likeness (QED) is 0.439. The molecule has 0 aliphatic carbocycles. The lowest BCUT2D eigenvalue weighted by Crippen LogP contribution is -2.31. The molecule has 0 saturated carbocycles. The third kappa shape index (κ3) is 6.30. The maximum absolute atomic E-state index is 13.0. The normalized spacial score (nSPS) is 12.7. The Balaban J connectivity index is 1.70. The maximum Gasteiger partial charge on any atom is 0.338 e. The van der Waals surface area contributed by atoms with Crippen LogP contribution in [0.4, 0.5) is 0 Å². The number of aromatic nitrogens is 2. The Bertz CT molecular complexity index is 1010. The Morgan fingerprint density at radius 3 is 2.38 bits per heavy atom. The standard InChI is InChI=1S/C26H30N2O4/c1-4-24(26(30)31-16-20-12-10-19(2)11-13-20)22(14-23-15-27-18-28(23)3)17-32-25(29)21-8-6-5-7-9-21/h5-13,15,18,22,24H,4,14,16-17H2,1-3H3/t22-,24-/m0/s1. The fraction of sp³-hybridized carbons (Fsp3) is 0.346. The summed E-state index contributed by atoms with van der Waals surface area (Å²) >= 11 is 0. The van der Waals surface area contributed by atoms with Gasteiger partial charge in [-0.25, -0.2) is 9.78 Å². The van der Waals surface area contributed by atoms with Crippen LogP contribution in [-0.4, -0.2) is 28.1 Å². The highest BCUT2D eigenvalue weighted by molar-refractivity contribution is 5.89. The molecule has 0 aliphatic heterocycles. The van der Waals surface area contributed by atoms with Crippen LogP contribution in [0.1, 0.15) is 40.5 Å². The van der Waals surface area contributed by atoms with Gasteiger partial charge in [0.15, 0.2) is 0 Å². The van der Waals surface area contributed by atoms with E-state index in [-0.39, 0.29) is 25.1 Å². The van der Waals surface area contributed by atoms with E-state index < -0.39 is 11.9 Å². The highest BCUT2D eigenvalue weighted by Gasteiger charge is 2.30. The Labute approximate surface area is 189 Å². The van der Waals surface area contributed by atoms with Crippen LogP contribution in [0.2, 0.25) is 0 Å². The molecule has 3 rings (SSSR count). The summed E-state index contributed by atoms with van der Waals surface area (Å²) in [4.78, 5) is 29.7. The second-order valence-corrected chi connectivity index (χ2v) is 8.03. The summed E-state index contributed by atoms with van der Waals surface area (Å²) in [6, 6.07) is 16.8. The van der Waals surface area contributed by atoms with Gasteiger partial charge >= 0.3 is 11.9 Å². The molecule has 0 bridgehead atoms. The van der Waals surface area contributed by atoms with Crippen molar-refractivity contribution in [2.45, 2.75) is 33.3 Å². The largest absolute Gasteiger partial charge is 0.462 e. The van der Waals surface area contributed by atoms with Gasteiger partial charge in [0.25, 0.3) is 0 Å². The number of nitrogens with zero attached hydrogens (tertiary/aromatic N) is 2. The number of benzene rings is 2. The van der Waals surface area contributed by atoms with Crippen molar-refractivity contribution in [3.8, 4) is 0 Å². The van der Waals surface area contributed by atoms with Gasteiger partial charge in [-0.1, -0.05) is 55.0 Å². The lowest BCUT2D eigenvalue weighted by molar-refractivity contribution is -0.152. The van der Waals surface area contributed by atoms with E-state index in [0.717, 1.165) is 16.8 Å². The van der Waals surface area contributed by atoms with Crippen LogP contribution >= 0.6 is 0 Å². The minimum atomic E-state index is -0.404. The molecule has 0 aliphatic rings. The molecule has 1 aromatic heterocycles. The zero-order valence-electron chi connectivity index (χ0n) is 18.9. The van der Waals surface area contributed by atoms with E-state index in [2.05, 4.69) is 4.98 Å². The zero-order chi connectivity index (χ0) is 22.9. The van der Waals surface area contributed by atoms with Gasteiger partial charge in [-0.2, -0.15) is 0 Å². The van der Waals surface area contributed by atoms with Crippen molar-refractivity contribution < 1.29 is 19.1 Å². The van der Waals surface area contributed by atoms with Gasteiger partial charge in [0.2, 0.25) is 0 Å². The van der Waals surface area contributed by atoms with Crippen LogP contribution < -0.4 is 0 Å². The third-order valence-corrected chi connectivity index (χ3v) is 5.64. The van der Waals surface area contributed by atoms with Crippen molar-refractivity contribution in [3.63, 3.8) is 0 Å². The summed E-state index contributed by atoms with van der Waals surface area (Å²) < 4.78 is 13.2. The van der Waals surface area contributed by atoms with E-state index in [0.29, 0.717) is 18.4 Å². The molecule has 3 aromatic rings. The first-order valence-electron chi connectivity index (χ1n) is 10.9. The van der Waals surface area contributed by atoms with E-state index in [1.165, 1.54) is 0 Å². The molecular formula is C26H30N2O4. The highest BCUT2D eigenvalue weighted by atomic mass is 16.5. The van der Waals surface area contributed by atoms with Gasteiger partial charge in [0.1, 0.15) is 6.61 Å². The van der Waals surface area contributed by atoms with Crippen molar-refractivity contribution in [1.82, 2.24) is 9.55 Å². The molecule has 2 atom stereocenters. The lowest BCUT2D eigenvalue weighted by atomic mass is 9.87. The number of aryl methyl sites for hydroxylation is 2. The molecule has 0 spiro atoms. The van der Waals surface area contributed by atoms with E-state index >= 15 is 0 Å². The summed E-state index contributed by atoms with van der Waals surface area (Å²) in [6.07, 6.45) is 4.63. The number of hydrogen-bond donors (Lipinski definition) is 0. The Kier molecular flexibility index (Phi) is 8.20. The molecular weight excluding hydrogens is 404 g/mol. The van der Waals surface area contributed by atoms with Crippen molar-refractivity contribution in [2.75, 3.05) is 6.61 Å². The van der Waals surface area contributed by atoms with Gasteiger partial charge in [0.05, 0.1) is 24.4 Å². The molecule has 6 nitrogen and oxygen atoms in total. The van der Waals surface area contributed by atoms with Crippen molar-refractivity contribution in [3.05, 3.63) is 89.5 Å². The van der Waals surface area contributed by atoms with Crippen LogP contribution in [0.5, 0.6) is 0 Å². The number of imidazole rings is 1. The first-order chi connectivity index (χ1) is 15.5. The minimum Gasteiger partial charge on any atom is -0.462 e. The van der Waals surface area contributed by atoms with Crippen LogP contribution in [0.25, 0.3) is 0 Å². The lowest BCUT2D eigenvalue weighted by Gasteiger charge is -2.25. The van der Waals surface area contributed by atoms with Crippen LogP contribution in [0.15, 0.2) is 67.1 Å². The number of carbonyl (C=O) groups is 2. The topological polar surface area (TPSA) is 70.4 Å². The van der Waals surface area contributed by atoms with Gasteiger partial charge in [-0.15, -0.1) is 0 Å². The maximum atomic E-state index is 13.0. The molecule has 0 saturated heterocycles. The molecule has 0 radical (unpaired) electrons. The van der Waals surface area contributed by atoms with E-state index in [1.54, 1.807) is 36.8 Å². The van der Waals surface area contributed by atoms with Crippen molar-refractivity contribution >= 4 is 11.9 Å². The van der Waals surface area contributed by atoms with Crippen LogP contribution in [-0.2, 0) is 34.3 Å². The molecule has 0 unspecified atom stereocenters. The monoisotopic (exact) mass is 434 g/mol. The van der Waals surface area contributed by atoms with Gasteiger partial charge in [-0.3, -0.25) is 4.79 Å². The molecule has 32 heavy (non-hydrogen) atoms. The molecule has 168 valence electrons. The van der Waals surface area contributed by atoms with Crippen molar-refractivity contribution in [2.24, 2.45) is 18.9 Å². The molecule has 0 N–H and O–H groups in total. The van der Waals surface area contributed by atoms with Crippen LogP contribution in [0, 0.1) is 18.8 Å². The Morgan fingerprint density at radius 1 is 1.03 bits per heavy atom. The molecule has 2 aromatic carbocycles.